The quantitative estimate of drug-likeness (QED) is 0.566. The van der Waals surface area contributed by atoms with Crippen LogP contribution in [0.15, 0.2) is 0 Å². The number of hydrogen-bond donors (Lipinski definition) is 2. The van der Waals surface area contributed by atoms with Crippen molar-refractivity contribution < 1.29 is 9.59 Å². The third-order valence-electron chi connectivity index (χ3n) is 2.28. The molecule has 0 atom stereocenters. The molecule has 1 saturated carbocycles. The zero-order valence-corrected chi connectivity index (χ0v) is 7.38. The highest BCUT2D eigenvalue weighted by Gasteiger charge is 2.28. The van der Waals surface area contributed by atoms with Crippen molar-refractivity contribution in [3.63, 3.8) is 0 Å². The molecular weight excluding hydrogens is 170 g/mol. The second-order valence-corrected chi connectivity index (χ2v) is 3.43. The van der Waals surface area contributed by atoms with Gasteiger partial charge in [0.1, 0.15) is 0 Å². The Kier molecular flexibility index (Phi) is 2.18. The van der Waals surface area contributed by atoms with Gasteiger partial charge in [0.25, 0.3) is 0 Å². The van der Waals surface area contributed by atoms with E-state index in [0.717, 1.165) is 0 Å². The van der Waals surface area contributed by atoms with Crippen molar-refractivity contribution in [1.82, 2.24) is 15.5 Å². The van der Waals surface area contributed by atoms with E-state index in [1.165, 1.54) is 17.7 Å². The molecule has 13 heavy (non-hydrogen) atoms. The minimum atomic E-state index is -0.261. The average molecular weight is 183 g/mol. The van der Waals surface area contributed by atoms with Crippen LogP contribution < -0.4 is 10.6 Å². The molecule has 0 unspecified atom stereocenters. The fourth-order valence-corrected chi connectivity index (χ4v) is 1.35. The maximum Gasteiger partial charge on any atom is 0.324 e. The Bertz CT molecular complexity index is 222. The summed E-state index contributed by atoms with van der Waals surface area (Å²) in [5.74, 6) is -0.123. The van der Waals surface area contributed by atoms with Crippen LogP contribution in [0.1, 0.15) is 12.8 Å². The topological polar surface area (TPSA) is 61.4 Å². The summed E-state index contributed by atoms with van der Waals surface area (Å²) in [7, 11) is 0. The lowest BCUT2D eigenvalue weighted by molar-refractivity contribution is -0.124. The van der Waals surface area contributed by atoms with Gasteiger partial charge < -0.3 is 10.6 Å². The molecule has 0 aromatic carbocycles. The van der Waals surface area contributed by atoms with Gasteiger partial charge >= 0.3 is 6.03 Å². The molecule has 2 aliphatic rings. The third kappa shape index (κ3) is 1.98. The predicted molar refractivity (Wildman–Crippen MR) is 46.1 cm³/mol. The van der Waals surface area contributed by atoms with Gasteiger partial charge in [-0.1, -0.05) is 0 Å². The summed E-state index contributed by atoms with van der Waals surface area (Å²) in [6, 6.07) is 0.364. The molecule has 3 amide bonds. The average Bonchev–Trinajstić information content (AvgIpc) is 2.86. The standard InChI is InChI=1S/C8H13N3O2/c12-7-5-10-8(13)11(7)4-3-9-6-1-2-6/h6,9H,1-5H2,(H,10,13). The van der Waals surface area contributed by atoms with E-state index >= 15 is 0 Å². The van der Waals surface area contributed by atoms with Gasteiger partial charge in [-0.3, -0.25) is 9.69 Å². The van der Waals surface area contributed by atoms with Crippen LogP contribution in [0.25, 0.3) is 0 Å². The molecule has 0 bridgehead atoms. The Morgan fingerprint density at radius 3 is 2.77 bits per heavy atom. The highest BCUT2D eigenvalue weighted by atomic mass is 16.2. The highest BCUT2D eigenvalue weighted by Crippen LogP contribution is 2.18. The van der Waals surface area contributed by atoms with Crippen molar-refractivity contribution in [3.8, 4) is 0 Å². The van der Waals surface area contributed by atoms with Gasteiger partial charge in [-0.2, -0.15) is 0 Å². The van der Waals surface area contributed by atoms with Crippen LogP contribution in [-0.4, -0.2) is 42.5 Å². The molecule has 72 valence electrons. The van der Waals surface area contributed by atoms with E-state index in [-0.39, 0.29) is 18.5 Å². The molecule has 1 heterocycles. The number of carbonyl (C=O) groups excluding carboxylic acids is 2. The van der Waals surface area contributed by atoms with Gasteiger partial charge in [0, 0.05) is 19.1 Å². The van der Waals surface area contributed by atoms with Gasteiger partial charge in [0.05, 0.1) is 6.54 Å². The monoisotopic (exact) mass is 183 g/mol. The first-order chi connectivity index (χ1) is 6.27. The summed E-state index contributed by atoms with van der Waals surface area (Å²) in [6.07, 6.45) is 2.44. The summed E-state index contributed by atoms with van der Waals surface area (Å²) < 4.78 is 0. The number of imide groups is 1. The van der Waals surface area contributed by atoms with Crippen LogP contribution in [-0.2, 0) is 4.79 Å². The number of amides is 3. The summed E-state index contributed by atoms with van der Waals surface area (Å²) in [6.45, 7) is 1.35. The molecule has 1 aliphatic carbocycles. The van der Waals surface area contributed by atoms with Crippen LogP contribution in [0.5, 0.6) is 0 Å². The summed E-state index contributed by atoms with van der Waals surface area (Å²) in [5.41, 5.74) is 0. The van der Waals surface area contributed by atoms with Crippen molar-refractivity contribution in [2.24, 2.45) is 0 Å². The molecule has 5 heteroatoms. The third-order valence-corrected chi connectivity index (χ3v) is 2.28. The maximum absolute atomic E-state index is 11.1. The molecule has 5 nitrogen and oxygen atoms in total. The van der Waals surface area contributed by atoms with E-state index in [0.29, 0.717) is 19.1 Å². The largest absolute Gasteiger partial charge is 0.329 e. The van der Waals surface area contributed by atoms with Crippen molar-refractivity contribution in [3.05, 3.63) is 0 Å². The highest BCUT2D eigenvalue weighted by molar-refractivity contribution is 6.01. The smallest absolute Gasteiger partial charge is 0.324 e. The van der Waals surface area contributed by atoms with E-state index in [1.807, 2.05) is 0 Å². The first kappa shape index (κ1) is 8.50. The molecule has 1 aliphatic heterocycles. The maximum atomic E-state index is 11.1. The Morgan fingerprint density at radius 2 is 2.23 bits per heavy atom. The second kappa shape index (κ2) is 3.33. The molecule has 0 aromatic rings. The normalized spacial score (nSPS) is 22.3. The lowest BCUT2D eigenvalue weighted by Crippen LogP contribution is -2.37. The Balaban J connectivity index is 1.72. The second-order valence-electron chi connectivity index (χ2n) is 3.43. The molecule has 0 radical (unpaired) electrons. The van der Waals surface area contributed by atoms with E-state index in [4.69, 9.17) is 0 Å². The predicted octanol–water partition coefficient (Wildman–Crippen LogP) is -0.710. The molecule has 2 fully saturated rings. The first-order valence-corrected chi connectivity index (χ1v) is 4.59. The summed E-state index contributed by atoms with van der Waals surface area (Å²) >= 11 is 0. The number of rotatable bonds is 4. The van der Waals surface area contributed by atoms with Gasteiger partial charge in [-0.05, 0) is 12.8 Å². The number of urea groups is 1. The number of nitrogens with zero attached hydrogens (tertiary/aromatic N) is 1. The summed E-state index contributed by atoms with van der Waals surface area (Å²) in [5, 5.41) is 5.73. The number of hydrogen-bond acceptors (Lipinski definition) is 3. The SMILES string of the molecule is O=C1CNC(=O)N1CCNC1CC1. The van der Waals surface area contributed by atoms with Gasteiger partial charge in [0.15, 0.2) is 0 Å². The van der Waals surface area contributed by atoms with Crippen molar-refractivity contribution in [2.45, 2.75) is 18.9 Å². The minimum absolute atomic E-state index is 0.123. The number of carbonyl (C=O) groups is 2. The fourth-order valence-electron chi connectivity index (χ4n) is 1.35. The Morgan fingerprint density at radius 1 is 1.46 bits per heavy atom. The van der Waals surface area contributed by atoms with Gasteiger partial charge in [-0.25, -0.2) is 4.79 Å². The molecular formula is C8H13N3O2. The van der Waals surface area contributed by atoms with Crippen LogP contribution >= 0.6 is 0 Å². The van der Waals surface area contributed by atoms with Crippen LogP contribution in [0.3, 0.4) is 0 Å². The van der Waals surface area contributed by atoms with Crippen molar-refractivity contribution in [1.29, 1.82) is 0 Å². The summed E-state index contributed by atoms with van der Waals surface area (Å²) in [4.78, 5) is 23.4. The molecule has 1 saturated heterocycles. The van der Waals surface area contributed by atoms with Crippen LogP contribution in [0, 0.1) is 0 Å². The fraction of sp³-hybridized carbons (Fsp3) is 0.750. The lowest BCUT2D eigenvalue weighted by Gasteiger charge is -2.11. The minimum Gasteiger partial charge on any atom is -0.329 e. The molecule has 2 rings (SSSR count). The van der Waals surface area contributed by atoms with Crippen LogP contribution in [0.2, 0.25) is 0 Å². The van der Waals surface area contributed by atoms with E-state index in [9.17, 15) is 9.59 Å². The Labute approximate surface area is 76.5 Å². The molecule has 0 aromatic heterocycles. The van der Waals surface area contributed by atoms with E-state index in [2.05, 4.69) is 10.6 Å². The zero-order chi connectivity index (χ0) is 9.26. The Hall–Kier alpha value is -1.10. The van der Waals surface area contributed by atoms with E-state index in [1.54, 1.807) is 0 Å². The molecule has 0 spiro atoms. The first-order valence-electron chi connectivity index (χ1n) is 4.59. The zero-order valence-electron chi connectivity index (χ0n) is 7.38. The van der Waals surface area contributed by atoms with Gasteiger partial charge in [-0.15, -0.1) is 0 Å². The number of nitrogens with one attached hydrogen (secondary N) is 2. The molecule has 2 N–H and O–H groups in total. The van der Waals surface area contributed by atoms with Crippen molar-refractivity contribution in [2.75, 3.05) is 19.6 Å². The van der Waals surface area contributed by atoms with Gasteiger partial charge in [0.2, 0.25) is 5.91 Å². The van der Waals surface area contributed by atoms with Crippen LogP contribution in [0.4, 0.5) is 4.79 Å². The van der Waals surface area contributed by atoms with E-state index < -0.39 is 0 Å². The van der Waals surface area contributed by atoms with Crippen molar-refractivity contribution >= 4 is 11.9 Å². The lowest BCUT2D eigenvalue weighted by atomic mass is 10.5.